The van der Waals surface area contributed by atoms with Crippen LogP contribution in [0, 0.1) is 10.2 Å². The fraction of sp³-hybridized carbons (Fsp3) is 0.0500. The molecule has 0 aliphatic rings. The Labute approximate surface area is 331 Å². The normalized spacial score (nSPS) is 10.2. The number of halogens is 1. The molecule has 0 aromatic heterocycles. The van der Waals surface area contributed by atoms with Gasteiger partial charge in [0.25, 0.3) is 0 Å². The van der Waals surface area contributed by atoms with Gasteiger partial charge >= 0.3 is 60.4 Å². The van der Waals surface area contributed by atoms with E-state index in [-0.39, 0.29) is 0 Å². The van der Waals surface area contributed by atoms with Crippen LogP contribution in [0.5, 0.6) is 34.5 Å². The van der Waals surface area contributed by atoms with Crippen LogP contribution in [-0.2, 0) is 19.2 Å². The Bertz CT molecular complexity index is 1500. The molecule has 0 atom stereocenters. The average Bonchev–Trinajstić information content (AvgIpc) is 3.17. The van der Waals surface area contributed by atoms with Crippen molar-refractivity contribution in [3.05, 3.63) is 194 Å². The Hall–Kier alpha value is -4.49. The maximum absolute atomic E-state index is 8.49. The fourth-order valence-corrected chi connectivity index (χ4v) is 5.50. The van der Waals surface area contributed by atoms with Crippen molar-refractivity contribution in [1.29, 1.82) is 0 Å². The molecule has 0 saturated carbocycles. The summed E-state index contributed by atoms with van der Waals surface area (Å²) < 4.78 is 69.0. The van der Waals surface area contributed by atoms with Gasteiger partial charge in [0.15, 0.2) is 0 Å². The summed E-state index contributed by atoms with van der Waals surface area (Å²) in [7, 11) is -8.12. The first-order chi connectivity index (χ1) is 26.1. The van der Waals surface area contributed by atoms with Crippen molar-refractivity contribution in [3.63, 3.8) is 0 Å². The topological polar surface area (TPSA) is 148 Å². The van der Waals surface area contributed by atoms with Crippen LogP contribution in [0.2, 0.25) is 4.89 Å². The Kier molecular flexibility index (Phi) is 20.8. The van der Waals surface area contributed by atoms with Gasteiger partial charge in [-0.25, -0.2) is 18.6 Å². The van der Waals surface area contributed by atoms with Crippen molar-refractivity contribution >= 4 is 17.2 Å². The van der Waals surface area contributed by atoms with Gasteiger partial charge < -0.3 is 27.1 Å². The smallest absolute Gasteiger partial charge is 0.409 e. The molecule has 0 radical (unpaired) electrons. The van der Waals surface area contributed by atoms with Crippen LogP contribution in [0.4, 0.5) is 0 Å². The Morgan fingerprint density at radius 3 is 0.667 bits per heavy atom. The van der Waals surface area contributed by atoms with E-state index in [0.717, 1.165) is 4.89 Å². The molecular weight excluding hydrogens is 844 g/mol. The molecule has 6 aromatic carbocycles. The molecule has 0 aliphatic carbocycles. The molecule has 0 amide bonds. The van der Waals surface area contributed by atoms with Crippen molar-refractivity contribution in [1.82, 2.24) is 0 Å². The third kappa shape index (κ3) is 21.3. The number of benzene rings is 6. The largest absolute Gasteiger partial charge is 0.530 e. The van der Waals surface area contributed by atoms with Gasteiger partial charge in [0.2, 0.25) is 0 Å². The molecule has 0 bridgehead atoms. The van der Waals surface area contributed by atoms with Crippen LogP contribution in [0.3, 0.4) is 0 Å². The minimum atomic E-state index is -4.94. The van der Waals surface area contributed by atoms with E-state index in [2.05, 4.69) is 25.8 Å². The zero-order valence-corrected chi connectivity index (χ0v) is 33.0. The van der Waals surface area contributed by atoms with Crippen LogP contribution in [-0.4, -0.2) is 0 Å². The second-order valence-electron chi connectivity index (χ2n) is 10.3. The average molecular weight is 882 g/mol. The van der Waals surface area contributed by atoms with Crippen molar-refractivity contribution in [2.75, 3.05) is 0 Å². The van der Waals surface area contributed by atoms with E-state index in [9.17, 15) is 0 Å². The summed E-state index contributed by atoms with van der Waals surface area (Å²) in [5, 5.41) is 0. The Morgan fingerprint density at radius 2 is 0.556 bits per heavy atom. The van der Waals surface area contributed by atoms with Gasteiger partial charge in [-0.3, -0.25) is 0 Å². The first kappa shape index (κ1) is 43.9. The molecule has 0 spiro atoms. The summed E-state index contributed by atoms with van der Waals surface area (Å²) in [5.41, 5.74) is 1.19. The van der Waals surface area contributed by atoms with Gasteiger partial charge in [-0.05, 0) is 72.8 Å². The zero-order valence-electron chi connectivity index (χ0n) is 28.9. The second kappa shape index (κ2) is 25.5. The van der Waals surface area contributed by atoms with E-state index >= 15 is 0 Å². The van der Waals surface area contributed by atoms with E-state index in [1.807, 2.05) is 189 Å². The maximum Gasteiger partial charge on any atom is 0.530 e. The zero-order chi connectivity index (χ0) is 38.9. The number of rotatable bonds is 13. The summed E-state index contributed by atoms with van der Waals surface area (Å²) in [6.45, 7) is 5.63. The van der Waals surface area contributed by atoms with E-state index < -0.39 is 27.4 Å². The van der Waals surface area contributed by atoms with Crippen molar-refractivity contribution in [2.45, 2.75) is 11.8 Å². The molecule has 0 heterocycles. The van der Waals surface area contributed by atoms with Gasteiger partial charge in [-0.2, -0.15) is 0 Å². The first-order valence-electron chi connectivity index (χ1n) is 15.8. The van der Waals surface area contributed by atoms with Crippen LogP contribution in [0.25, 0.3) is 0 Å². The Balaban J connectivity index is 0.000000233. The van der Waals surface area contributed by atoms with Gasteiger partial charge in [-0.1, -0.05) is 109 Å². The maximum atomic E-state index is 8.49. The standard InChI is InChI=1S/2C18H15O3P.C4H7.ClHO4.Pd/c2*1-4-10-16(11-5-1)19-22(20-17-12-6-2-7-13-17)21-18-14-8-3-9-15-18;1-4(2)3;2-1(3,4)5;/h2*1-15H;1-2H2,3H3;(H,2,3,4,5);/q;;;;+1/p-1. The molecule has 0 saturated heterocycles. The van der Waals surface area contributed by atoms with Crippen molar-refractivity contribution in [3.8, 4) is 34.5 Å². The summed E-state index contributed by atoms with van der Waals surface area (Å²) in [5.74, 6) is 4.25. The molecule has 14 heteroatoms. The molecule has 6 rings (SSSR count). The fourth-order valence-electron chi connectivity index (χ4n) is 3.52. The minimum Gasteiger partial charge on any atom is -0.409 e. The van der Waals surface area contributed by atoms with Crippen LogP contribution in [0.15, 0.2) is 194 Å². The van der Waals surface area contributed by atoms with Gasteiger partial charge in [0.1, 0.15) is 34.5 Å². The summed E-state index contributed by atoms with van der Waals surface area (Å²) in [6, 6.07) is 57.0. The van der Waals surface area contributed by atoms with Crippen LogP contribution < -0.4 is 45.8 Å². The SMILES string of the molecule is C=C(C)[CH2][Pd+].[O-][Cl+3]([O-])([O-])[O-].c1ccc(OP(Oc2ccccc2)Oc2ccccc2)cc1.c1ccc(OP(Oc2ccccc2)Oc2ccccc2)cc1. The van der Waals surface area contributed by atoms with Crippen LogP contribution in [0.1, 0.15) is 6.92 Å². The first-order valence-corrected chi connectivity index (χ1v) is 20.4. The number of hydrogen-bond donors (Lipinski definition) is 0. The monoisotopic (exact) mass is 880 g/mol. The van der Waals surface area contributed by atoms with Gasteiger partial charge in [0.05, 0.1) is 0 Å². The molecule has 10 nitrogen and oxygen atoms in total. The Morgan fingerprint density at radius 1 is 0.426 bits per heavy atom. The summed E-state index contributed by atoms with van der Waals surface area (Å²) in [6.07, 6.45) is 0. The quantitative estimate of drug-likeness (QED) is 0.0643. The van der Waals surface area contributed by atoms with Crippen molar-refractivity contribution in [2.24, 2.45) is 0 Å². The van der Waals surface area contributed by atoms with Gasteiger partial charge in [0, 0.05) is 0 Å². The number of allylic oxidation sites excluding steroid dienone is 1. The minimum absolute atomic E-state index is 0.709. The molecule has 284 valence electrons. The molecule has 54 heavy (non-hydrogen) atoms. The van der Waals surface area contributed by atoms with E-state index in [0.29, 0.717) is 34.5 Å². The third-order valence-electron chi connectivity index (χ3n) is 5.73. The molecule has 0 fully saturated rings. The molecule has 0 aliphatic heterocycles. The second-order valence-corrected chi connectivity index (χ2v) is 13.6. The molecule has 0 unspecified atom stereocenters. The van der Waals surface area contributed by atoms with E-state index in [1.165, 1.54) is 5.57 Å². The summed E-state index contributed by atoms with van der Waals surface area (Å²) >= 11 is 2.99. The van der Waals surface area contributed by atoms with Gasteiger partial charge in [-0.15, -0.1) is 10.2 Å². The summed E-state index contributed by atoms with van der Waals surface area (Å²) in [4.78, 5) is 0.961. The molecule has 6 aromatic rings. The predicted octanol–water partition coefficient (Wildman–Crippen LogP) is 7.67. The van der Waals surface area contributed by atoms with E-state index in [1.54, 1.807) is 0 Å². The number of para-hydroxylation sites is 6. The van der Waals surface area contributed by atoms with E-state index in [4.69, 9.17) is 45.8 Å². The molecular formula is C40H37ClO10P2Pd. The van der Waals surface area contributed by atoms with Crippen molar-refractivity contribution < 1.29 is 75.2 Å². The van der Waals surface area contributed by atoms with Crippen LogP contribution >= 0.6 is 17.2 Å². The third-order valence-corrected chi connectivity index (χ3v) is 8.83. The number of hydrogen-bond acceptors (Lipinski definition) is 10. The predicted molar refractivity (Wildman–Crippen MR) is 196 cm³/mol. The molecule has 0 N–H and O–H groups in total.